The maximum Gasteiger partial charge on any atom is 0.191 e. The van der Waals surface area contributed by atoms with Gasteiger partial charge in [-0.2, -0.15) is 0 Å². The molecule has 0 saturated carbocycles. The third-order valence-corrected chi connectivity index (χ3v) is 4.36. The van der Waals surface area contributed by atoms with Crippen LogP contribution in [0, 0.1) is 0 Å². The fraction of sp³-hybridized carbons (Fsp3) is 0.476. The standard InChI is InChI=1S/C21H31N3O3/c1-17(18-6-8-19(26-3)9-7-18)10-12-22-21(24-14-16-25-2)23-13-11-20-5-4-15-27-20/h4-9,15,17H,10-14,16H2,1-3H3,(H2,22,23,24). The van der Waals surface area contributed by atoms with Gasteiger partial charge in [-0.1, -0.05) is 19.1 Å². The summed E-state index contributed by atoms with van der Waals surface area (Å²) in [6.07, 6.45) is 3.49. The molecule has 0 aliphatic heterocycles. The zero-order valence-electron chi connectivity index (χ0n) is 16.5. The number of guanidine groups is 1. The summed E-state index contributed by atoms with van der Waals surface area (Å²) in [5.41, 5.74) is 1.30. The van der Waals surface area contributed by atoms with Crippen LogP contribution in [-0.2, 0) is 11.2 Å². The monoisotopic (exact) mass is 373 g/mol. The first kappa shape index (κ1) is 20.8. The number of nitrogens with one attached hydrogen (secondary N) is 2. The highest BCUT2D eigenvalue weighted by atomic mass is 16.5. The van der Waals surface area contributed by atoms with Gasteiger partial charge < -0.3 is 24.5 Å². The predicted molar refractivity (Wildman–Crippen MR) is 109 cm³/mol. The van der Waals surface area contributed by atoms with E-state index in [2.05, 4.69) is 29.7 Å². The average Bonchev–Trinajstić information content (AvgIpc) is 3.21. The second-order valence-electron chi connectivity index (χ2n) is 6.37. The van der Waals surface area contributed by atoms with Crippen LogP contribution < -0.4 is 15.4 Å². The van der Waals surface area contributed by atoms with Crippen molar-refractivity contribution in [3.05, 3.63) is 54.0 Å². The molecule has 6 heteroatoms. The van der Waals surface area contributed by atoms with Gasteiger partial charge in [-0.25, -0.2) is 0 Å². The summed E-state index contributed by atoms with van der Waals surface area (Å²) in [5, 5.41) is 6.65. The number of rotatable bonds is 11. The molecule has 0 aliphatic rings. The van der Waals surface area contributed by atoms with Gasteiger partial charge in [0.2, 0.25) is 0 Å². The largest absolute Gasteiger partial charge is 0.497 e. The van der Waals surface area contributed by atoms with E-state index in [0.29, 0.717) is 12.5 Å². The minimum atomic E-state index is 0.433. The van der Waals surface area contributed by atoms with Gasteiger partial charge in [-0.05, 0) is 42.2 Å². The first-order valence-corrected chi connectivity index (χ1v) is 9.40. The first-order valence-electron chi connectivity index (χ1n) is 9.40. The molecule has 1 atom stereocenters. The summed E-state index contributed by atoms with van der Waals surface area (Å²) >= 11 is 0. The van der Waals surface area contributed by atoms with Crippen molar-refractivity contribution >= 4 is 5.96 Å². The molecule has 1 heterocycles. The van der Waals surface area contributed by atoms with Crippen molar-refractivity contribution < 1.29 is 13.9 Å². The maximum absolute atomic E-state index is 5.36. The summed E-state index contributed by atoms with van der Waals surface area (Å²) in [7, 11) is 3.38. The summed E-state index contributed by atoms with van der Waals surface area (Å²) in [4.78, 5) is 4.70. The zero-order chi connectivity index (χ0) is 19.3. The Morgan fingerprint density at radius 1 is 1.11 bits per heavy atom. The highest BCUT2D eigenvalue weighted by Gasteiger charge is 2.06. The Kier molecular flexibility index (Phi) is 9.27. The lowest BCUT2D eigenvalue weighted by molar-refractivity contribution is 0.203. The lowest BCUT2D eigenvalue weighted by Crippen LogP contribution is -2.40. The molecule has 2 aromatic rings. The smallest absolute Gasteiger partial charge is 0.191 e. The molecule has 0 fully saturated rings. The Morgan fingerprint density at radius 2 is 1.89 bits per heavy atom. The van der Waals surface area contributed by atoms with Gasteiger partial charge in [0.1, 0.15) is 11.5 Å². The molecule has 27 heavy (non-hydrogen) atoms. The van der Waals surface area contributed by atoms with E-state index in [0.717, 1.165) is 49.9 Å². The molecule has 6 nitrogen and oxygen atoms in total. The van der Waals surface area contributed by atoms with Gasteiger partial charge in [0.15, 0.2) is 5.96 Å². The quantitative estimate of drug-likeness (QED) is 0.360. The van der Waals surface area contributed by atoms with Crippen LogP contribution in [-0.4, -0.2) is 46.4 Å². The van der Waals surface area contributed by atoms with Crippen LogP contribution in [0.4, 0.5) is 0 Å². The van der Waals surface area contributed by atoms with Crippen LogP contribution in [0.25, 0.3) is 0 Å². The molecule has 2 N–H and O–H groups in total. The van der Waals surface area contributed by atoms with E-state index < -0.39 is 0 Å². The fourth-order valence-electron chi connectivity index (χ4n) is 2.67. The van der Waals surface area contributed by atoms with Crippen molar-refractivity contribution in [1.29, 1.82) is 0 Å². The van der Waals surface area contributed by atoms with E-state index in [4.69, 9.17) is 18.9 Å². The summed E-state index contributed by atoms with van der Waals surface area (Å²) in [6.45, 7) is 5.09. The average molecular weight is 373 g/mol. The lowest BCUT2D eigenvalue weighted by atomic mass is 9.98. The van der Waals surface area contributed by atoms with E-state index in [1.165, 1.54) is 5.56 Å². The van der Waals surface area contributed by atoms with Gasteiger partial charge in [0.25, 0.3) is 0 Å². The molecule has 1 aromatic carbocycles. The Labute approximate surface area is 162 Å². The molecule has 2 rings (SSSR count). The number of benzene rings is 1. The van der Waals surface area contributed by atoms with E-state index in [-0.39, 0.29) is 0 Å². The number of furan rings is 1. The molecular weight excluding hydrogens is 342 g/mol. The van der Waals surface area contributed by atoms with Gasteiger partial charge in [0, 0.05) is 33.2 Å². The van der Waals surface area contributed by atoms with Crippen molar-refractivity contribution in [2.24, 2.45) is 4.99 Å². The molecule has 0 saturated heterocycles. The van der Waals surface area contributed by atoms with E-state index >= 15 is 0 Å². The maximum atomic E-state index is 5.36. The van der Waals surface area contributed by atoms with Crippen molar-refractivity contribution in [3.8, 4) is 5.75 Å². The molecule has 1 unspecified atom stereocenters. The van der Waals surface area contributed by atoms with Gasteiger partial charge >= 0.3 is 0 Å². The topological polar surface area (TPSA) is 68.0 Å². The van der Waals surface area contributed by atoms with Crippen LogP contribution in [0.15, 0.2) is 52.1 Å². The number of nitrogens with zero attached hydrogens (tertiary/aromatic N) is 1. The number of methoxy groups -OCH3 is 2. The third kappa shape index (κ3) is 7.74. The Balaban J connectivity index is 1.81. The molecule has 0 radical (unpaired) electrons. The van der Waals surface area contributed by atoms with Crippen LogP contribution in [0.1, 0.15) is 30.6 Å². The number of hydrogen-bond acceptors (Lipinski definition) is 4. The minimum Gasteiger partial charge on any atom is -0.497 e. The van der Waals surface area contributed by atoms with Gasteiger partial charge in [-0.15, -0.1) is 0 Å². The van der Waals surface area contributed by atoms with E-state index in [1.807, 2.05) is 24.3 Å². The van der Waals surface area contributed by atoms with Crippen LogP contribution in [0.3, 0.4) is 0 Å². The van der Waals surface area contributed by atoms with Gasteiger partial charge in [-0.3, -0.25) is 4.99 Å². The first-order chi connectivity index (χ1) is 13.2. The molecule has 0 spiro atoms. The number of ether oxygens (including phenoxy) is 2. The van der Waals surface area contributed by atoms with Crippen molar-refractivity contribution in [3.63, 3.8) is 0 Å². The SMILES string of the molecule is COCCNC(=NCCC(C)c1ccc(OC)cc1)NCCc1ccco1. The third-order valence-electron chi connectivity index (χ3n) is 4.36. The number of aliphatic imine (C=N–C) groups is 1. The van der Waals surface area contributed by atoms with E-state index in [1.54, 1.807) is 20.5 Å². The fourth-order valence-corrected chi connectivity index (χ4v) is 2.67. The highest BCUT2D eigenvalue weighted by molar-refractivity contribution is 5.79. The summed E-state index contributed by atoms with van der Waals surface area (Å²) < 4.78 is 15.7. The molecule has 0 amide bonds. The minimum absolute atomic E-state index is 0.433. The van der Waals surface area contributed by atoms with Crippen LogP contribution in [0.5, 0.6) is 5.75 Å². The van der Waals surface area contributed by atoms with Crippen LogP contribution in [0.2, 0.25) is 0 Å². The Hall–Kier alpha value is -2.47. The second kappa shape index (κ2) is 12.0. The lowest BCUT2D eigenvalue weighted by Gasteiger charge is -2.14. The molecule has 1 aromatic heterocycles. The Morgan fingerprint density at radius 3 is 2.56 bits per heavy atom. The molecular formula is C21H31N3O3. The Bertz CT molecular complexity index is 654. The zero-order valence-corrected chi connectivity index (χ0v) is 16.5. The van der Waals surface area contributed by atoms with Crippen molar-refractivity contribution in [2.75, 3.05) is 40.5 Å². The molecule has 0 bridgehead atoms. The van der Waals surface area contributed by atoms with Crippen molar-refractivity contribution in [1.82, 2.24) is 10.6 Å². The second-order valence-corrected chi connectivity index (χ2v) is 6.37. The van der Waals surface area contributed by atoms with Crippen molar-refractivity contribution in [2.45, 2.75) is 25.7 Å². The molecule has 148 valence electrons. The predicted octanol–water partition coefficient (Wildman–Crippen LogP) is 3.21. The summed E-state index contributed by atoms with van der Waals surface area (Å²) in [6, 6.07) is 12.1. The van der Waals surface area contributed by atoms with E-state index in [9.17, 15) is 0 Å². The van der Waals surface area contributed by atoms with Crippen LogP contribution >= 0.6 is 0 Å². The normalized spacial score (nSPS) is 12.6. The highest BCUT2D eigenvalue weighted by Crippen LogP contribution is 2.21. The van der Waals surface area contributed by atoms with Gasteiger partial charge in [0.05, 0.1) is 20.0 Å². The number of hydrogen-bond donors (Lipinski definition) is 2. The summed E-state index contributed by atoms with van der Waals surface area (Å²) in [5.74, 6) is 3.09. The molecule has 0 aliphatic carbocycles.